The van der Waals surface area contributed by atoms with E-state index in [1.54, 1.807) is 9.80 Å². The van der Waals surface area contributed by atoms with Gasteiger partial charge >= 0.3 is 6.18 Å². The Kier molecular flexibility index (Phi) is 7.91. The number of likely N-dealkylation sites (tertiary alicyclic amines) is 1. The quantitative estimate of drug-likeness (QED) is 0.481. The van der Waals surface area contributed by atoms with Gasteiger partial charge in [-0.2, -0.15) is 17.6 Å². The van der Waals surface area contributed by atoms with E-state index in [1.807, 2.05) is 0 Å². The maximum absolute atomic E-state index is 15.5. The summed E-state index contributed by atoms with van der Waals surface area (Å²) >= 11 is 0. The second kappa shape index (κ2) is 10.9. The monoisotopic (exact) mass is 512 g/mol. The third kappa shape index (κ3) is 6.02. The Hall–Kier alpha value is -3.03. The number of carbonyl (C=O) groups is 1. The van der Waals surface area contributed by atoms with Crippen molar-refractivity contribution >= 4 is 17.5 Å². The highest BCUT2D eigenvalue weighted by atomic mass is 19.4. The molecular weight excluding hydrogens is 484 g/mol. The summed E-state index contributed by atoms with van der Waals surface area (Å²) in [7, 11) is 0. The van der Waals surface area contributed by atoms with Gasteiger partial charge in [-0.1, -0.05) is 12.1 Å². The summed E-state index contributed by atoms with van der Waals surface area (Å²) in [5.74, 6) is -1.37. The Balaban J connectivity index is 1.46. The third-order valence-corrected chi connectivity index (χ3v) is 6.51. The summed E-state index contributed by atoms with van der Waals surface area (Å²) in [6, 6.07) is 4.17. The van der Waals surface area contributed by atoms with Crippen LogP contribution in [0.25, 0.3) is 0 Å². The van der Waals surface area contributed by atoms with Crippen LogP contribution in [-0.2, 0) is 15.7 Å². The number of halogens is 4. The standard InChI is InChI=1S/C23H28F4N6O3/c24-20-21(29-9-15-5-6-32(10-18(15)34)11-19(28)35)30-13-31-22(20)33-7-8-36-12-17(33)14-1-3-16(4-2-14)23(25,26)27/h1-4,13,15,17-18,34H,5-12H2,(H2,28,35)(H,29,30,31)/t15-,17+,18+/m0/s1. The van der Waals surface area contributed by atoms with Gasteiger partial charge in [0, 0.05) is 25.6 Å². The van der Waals surface area contributed by atoms with Crippen molar-refractivity contribution in [3.05, 3.63) is 47.5 Å². The number of nitrogens with zero attached hydrogens (tertiary/aromatic N) is 4. The fourth-order valence-electron chi connectivity index (χ4n) is 4.59. The molecule has 0 bridgehead atoms. The molecule has 0 saturated carbocycles. The largest absolute Gasteiger partial charge is 0.416 e. The van der Waals surface area contributed by atoms with Crippen molar-refractivity contribution in [1.29, 1.82) is 0 Å². The number of rotatable bonds is 7. The van der Waals surface area contributed by atoms with Crippen LogP contribution >= 0.6 is 0 Å². The van der Waals surface area contributed by atoms with Crippen LogP contribution in [0.2, 0.25) is 0 Å². The first kappa shape index (κ1) is 26.0. The molecule has 3 atom stereocenters. The molecule has 2 aromatic rings. The first-order valence-electron chi connectivity index (χ1n) is 11.6. The van der Waals surface area contributed by atoms with E-state index in [2.05, 4.69) is 15.3 Å². The molecule has 4 rings (SSSR count). The van der Waals surface area contributed by atoms with Crippen molar-refractivity contribution in [2.75, 3.05) is 56.2 Å². The lowest BCUT2D eigenvalue weighted by atomic mass is 9.93. The Bertz CT molecular complexity index is 1060. The highest BCUT2D eigenvalue weighted by Gasteiger charge is 2.33. The van der Waals surface area contributed by atoms with Gasteiger partial charge in [-0.3, -0.25) is 9.69 Å². The number of aromatic nitrogens is 2. The molecule has 36 heavy (non-hydrogen) atoms. The number of primary amides is 1. The van der Waals surface area contributed by atoms with Crippen LogP contribution in [0.1, 0.15) is 23.6 Å². The second-order valence-electron chi connectivity index (χ2n) is 8.96. The van der Waals surface area contributed by atoms with E-state index in [-0.39, 0.29) is 50.3 Å². The normalized spacial score (nSPS) is 23.5. The van der Waals surface area contributed by atoms with Gasteiger partial charge in [0.25, 0.3) is 0 Å². The number of aliphatic hydroxyl groups excluding tert-OH is 1. The number of nitrogens with two attached hydrogens (primary N) is 1. The van der Waals surface area contributed by atoms with E-state index in [9.17, 15) is 23.1 Å². The SMILES string of the molecule is NC(=O)CN1CC[C@@H](CNc2ncnc(N3CCOC[C@@H]3c3ccc(C(F)(F)F)cc3)c2F)[C@H](O)C1. The van der Waals surface area contributed by atoms with Gasteiger partial charge in [0.05, 0.1) is 37.5 Å². The number of alkyl halides is 3. The number of nitrogens with one attached hydrogen (secondary N) is 1. The molecule has 0 aliphatic carbocycles. The number of carbonyl (C=O) groups excluding carboxylic acids is 1. The minimum absolute atomic E-state index is 0.0116. The Morgan fingerprint density at radius 2 is 1.97 bits per heavy atom. The van der Waals surface area contributed by atoms with Crippen LogP contribution in [0.3, 0.4) is 0 Å². The molecule has 1 aromatic heterocycles. The number of anilines is 2. The average Bonchev–Trinajstić information content (AvgIpc) is 2.83. The number of morpholine rings is 1. The van der Waals surface area contributed by atoms with E-state index in [0.29, 0.717) is 25.1 Å². The van der Waals surface area contributed by atoms with Crippen molar-refractivity contribution in [1.82, 2.24) is 14.9 Å². The van der Waals surface area contributed by atoms with Crippen LogP contribution in [0.4, 0.5) is 29.2 Å². The van der Waals surface area contributed by atoms with E-state index in [4.69, 9.17) is 10.5 Å². The summed E-state index contributed by atoms with van der Waals surface area (Å²) in [5.41, 5.74) is 4.99. The third-order valence-electron chi connectivity index (χ3n) is 6.51. The van der Waals surface area contributed by atoms with Crippen LogP contribution in [0.5, 0.6) is 0 Å². The molecule has 2 fully saturated rings. The highest BCUT2D eigenvalue weighted by molar-refractivity contribution is 5.75. The molecule has 196 valence electrons. The van der Waals surface area contributed by atoms with Crippen molar-refractivity contribution in [2.45, 2.75) is 24.7 Å². The summed E-state index contributed by atoms with van der Waals surface area (Å²) < 4.78 is 59.9. The zero-order chi connectivity index (χ0) is 25.9. The van der Waals surface area contributed by atoms with Gasteiger partial charge in [-0.25, -0.2) is 9.97 Å². The Morgan fingerprint density at radius 3 is 2.64 bits per heavy atom. The minimum Gasteiger partial charge on any atom is -0.391 e. The van der Waals surface area contributed by atoms with Crippen LogP contribution in [-0.4, -0.2) is 77.9 Å². The number of piperidine rings is 1. The molecule has 2 aliphatic heterocycles. The molecular formula is C23H28F4N6O3. The van der Waals surface area contributed by atoms with Gasteiger partial charge in [-0.15, -0.1) is 0 Å². The lowest BCUT2D eigenvalue weighted by Crippen LogP contribution is -2.48. The van der Waals surface area contributed by atoms with Crippen molar-refractivity contribution in [3.63, 3.8) is 0 Å². The lowest BCUT2D eigenvalue weighted by molar-refractivity contribution is -0.137. The van der Waals surface area contributed by atoms with Gasteiger partial charge < -0.3 is 25.8 Å². The predicted molar refractivity (Wildman–Crippen MR) is 123 cm³/mol. The molecule has 3 heterocycles. The molecule has 4 N–H and O–H groups in total. The molecule has 0 spiro atoms. The first-order valence-corrected chi connectivity index (χ1v) is 11.6. The molecule has 9 nitrogen and oxygen atoms in total. The zero-order valence-corrected chi connectivity index (χ0v) is 19.4. The van der Waals surface area contributed by atoms with E-state index in [1.165, 1.54) is 18.5 Å². The molecule has 1 aromatic carbocycles. The van der Waals surface area contributed by atoms with Gasteiger partial charge in [0.2, 0.25) is 11.7 Å². The number of ether oxygens (including phenoxy) is 1. The summed E-state index contributed by atoms with van der Waals surface area (Å²) in [5, 5.41) is 13.4. The summed E-state index contributed by atoms with van der Waals surface area (Å²) in [4.78, 5) is 22.6. The maximum Gasteiger partial charge on any atom is 0.416 e. The fraction of sp³-hybridized carbons (Fsp3) is 0.522. The van der Waals surface area contributed by atoms with Crippen molar-refractivity contribution in [3.8, 4) is 0 Å². The number of hydrogen-bond acceptors (Lipinski definition) is 8. The van der Waals surface area contributed by atoms with Crippen LogP contribution in [0.15, 0.2) is 30.6 Å². The van der Waals surface area contributed by atoms with Gasteiger partial charge in [0.1, 0.15) is 6.33 Å². The van der Waals surface area contributed by atoms with Gasteiger partial charge in [0.15, 0.2) is 11.6 Å². The number of benzene rings is 1. The lowest BCUT2D eigenvalue weighted by Gasteiger charge is -2.37. The van der Waals surface area contributed by atoms with E-state index < -0.39 is 35.6 Å². The van der Waals surface area contributed by atoms with E-state index >= 15 is 4.39 Å². The van der Waals surface area contributed by atoms with Gasteiger partial charge in [-0.05, 0) is 30.7 Å². The Morgan fingerprint density at radius 1 is 1.22 bits per heavy atom. The number of aliphatic hydroxyl groups is 1. The average molecular weight is 513 g/mol. The van der Waals surface area contributed by atoms with Crippen molar-refractivity contribution < 1.29 is 32.2 Å². The smallest absolute Gasteiger partial charge is 0.391 e. The van der Waals surface area contributed by atoms with E-state index in [0.717, 1.165) is 12.1 Å². The molecule has 2 aliphatic rings. The van der Waals surface area contributed by atoms with Crippen molar-refractivity contribution in [2.24, 2.45) is 11.7 Å². The molecule has 0 unspecified atom stereocenters. The Labute approximate surface area is 205 Å². The molecule has 13 heteroatoms. The predicted octanol–water partition coefficient (Wildman–Crippen LogP) is 1.79. The minimum atomic E-state index is -4.45. The maximum atomic E-state index is 15.5. The zero-order valence-electron chi connectivity index (χ0n) is 19.4. The summed E-state index contributed by atoms with van der Waals surface area (Å²) in [6.07, 6.45) is -3.38. The number of β-amino-alcohol motifs (C(OH)–C–C–N with tert-alkyl or cyclic N) is 1. The summed E-state index contributed by atoms with van der Waals surface area (Å²) in [6.45, 7) is 1.94. The first-order chi connectivity index (χ1) is 17.1. The second-order valence-corrected chi connectivity index (χ2v) is 8.96. The number of amides is 1. The molecule has 1 amide bonds. The topological polar surface area (TPSA) is 117 Å². The highest BCUT2D eigenvalue weighted by Crippen LogP contribution is 2.34. The number of hydrogen-bond donors (Lipinski definition) is 3. The molecule has 0 radical (unpaired) electrons. The fourth-order valence-corrected chi connectivity index (χ4v) is 4.59. The van der Waals surface area contributed by atoms with Crippen LogP contribution in [0, 0.1) is 11.7 Å². The van der Waals surface area contributed by atoms with Crippen LogP contribution < -0.4 is 16.0 Å². The molecule has 2 saturated heterocycles.